The van der Waals surface area contributed by atoms with Crippen molar-refractivity contribution in [1.29, 1.82) is 0 Å². The van der Waals surface area contributed by atoms with Crippen LogP contribution in [0.3, 0.4) is 0 Å². The molecule has 6 nitrogen and oxygen atoms in total. The van der Waals surface area contributed by atoms with Crippen LogP contribution in [0.4, 0.5) is 0 Å². The van der Waals surface area contributed by atoms with E-state index in [0.717, 1.165) is 0 Å². The van der Waals surface area contributed by atoms with Crippen molar-refractivity contribution in [1.82, 2.24) is 0 Å². The van der Waals surface area contributed by atoms with Crippen LogP contribution in [0, 0.1) is 5.92 Å². The van der Waals surface area contributed by atoms with Gasteiger partial charge >= 0.3 is 0 Å². The van der Waals surface area contributed by atoms with Crippen LogP contribution in [0.5, 0.6) is 11.5 Å². The van der Waals surface area contributed by atoms with Crippen molar-refractivity contribution in [3.8, 4) is 11.5 Å². The Kier molecular flexibility index (Phi) is 7.35. The van der Waals surface area contributed by atoms with Gasteiger partial charge in [-0.15, -0.1) is 0 Å². The number of sulfone groups is 1. The fourth-order valence-electron chi connectivity index (χ4n) is 1.90. The molecule has 1 atom stereocenters. The molecule has 0 aromatic heterocycles. The third kappa shape index (κ3) is 7.36. The minimum Gasteiger partial charge on any atom is -0.497 e. The van der Waals surface area contributed by atoms with Crippen LogP contribution in [-0.4, -0.2) is 39.0 Å². The predicted octanol–water partition coefficient (Wildman–Crippen LogP) is 1.78. The molecule has 0 saturated carbocycles. The van der Waals surface area contributed by atoms with Gasteiger partial charge in [0.2, 0.25) is 0 Å². The van der Waals surface area contributed by atoms with E-state index >= 15 is 0 Å². The molecule has 7 heteroatoms. The lowest BCUT2D eigenvalue weighted by atomic mass is 10.2. The van der Waals surface area contributed by atoms with Gasteiger partial charge in [-0.25, -0.2) is 8.42 Å². The normalized spacial score (nSPS) is 12.9. The lowest BCUT2D eigenvalue weighted by Gasteiger charge is -2.16. The van der Waals surface area contributed by atoms with Gasteiger partial charge in [0.05, 0.1) is 18.6 Å². The number of benzene rings is 1. The molecule has 0 aliphatic rings. The number of carbonyl (C=O) groups excluding carboxylic acids is 1. The fourth-order valence-corrected chi connectivity index (χ4v) is 3.51. The molecule has 1 rings (SSSR count). The molecule has 0 radical (unpaired) electrons. The second kappa shape index (κ2) is 8.76. The van der Waals surface area contributed by atoms with Crippen molar-refractivity contribution in [3.05, 3.63) is 24.3 Å². The molecule has 0 aliphatic carbocycles. The lowest BCUT2D eigenvalue weighted by molar-refractivity contribution is -0.124. The highest BCUT2D eigenvalue weighted by molar-refractivity contribution is 7.91. The summed E-state index contributed by atoms with van der Waals surface area (Å²) in [6, 6.07) is 6.73. The van der Waals surface area contributed by atoms with Crippen molar-refractivity contribution in [3.63, 3.8) is 0 Å². The summed E-state index contributed by atoms with van der Waals surface area (Å²) in [5.74, 6) is 0.590. The number of hydrogen-bond donors (Lipinski definition) is 1. The van der Waals surface area contributed by atoms with E-state index in [0.29, 0.717) is 23.8 Å². The number of methoxy groups -OCH3 is 1. The van der Waals surface area contributed by atoms with Crippen molar-refractivity contribution < 1.29 is 22.7 Å². The standard InChI is InChI=1S/C16H25NO5S/c1-12(2)7-9-23(19,20)10-8-15(16(17)18)22-14-6-4-5-13(11-14)21-3/h4-6,11-12,15H,7-10H2,1-3H3,(H2,17,18). The largest absolute Gasteiger partial charge is 0.497 e. The van der Waals surface area contributed by atoms with E-state index in [4.69, 9.17) is 15.2 Å². The Morgan fingerprint density at radius 1 is 1.17 bits per heavy atom. The highest BCUT2D eigenvalue weighted by atomic mass is 32.2. The van der Waals surface area contributed by atoms with Gasteiger partial charge in [-0.2, -0.15) is 0 Å². The Morgan fingerprint density at radius 2 is 1.78 bits per heavy atom. The first-order chi connectivity index (χ1) is 10.7. The maximum Gasteiger partial charge on any atom is 0.258 e. The van der Waals surface area contributed by atoms with Crippen LogP contribution in [0.2, 0.25) is 0 Å². The van der Waals surface area contributed by atoms with Gasteiger partial charge in [0.1, 0.15) is 21.3 Å². The van der Waals surface area contributed by atoms with Crippen LogP contribution < -0.4 is 15.2 Å². The Hall–Kier alpha value is -1.76. The molecule has 23 heavy (non-hydrogen) atoms. The van der Waals surface area contributed by atoms with Gasteiger partial charge in [-0.1, -0.05) is 19.9 Å². The first-order valence-electron chi connectivity index (χ1n) is 7.54. The van der Waals surface area contributed by atoms with Crippen molar-refractivity contribution in [2.24, 2.45) is 11.7 Å². The van der Waals surface area contributed by atoms with E-state index < -0.39 is 21.8 Å². The topological polar surface area (TPSA) is 95.7 Å². The molecule has 2 N–H and O–H groups in total. The van der Waals surface area contributed by atoms with E-state index in [-0.39, 0.29) is 17.9 Å². The molecular weight excluding hydrogens is 318 g/mol. The molecule has 1 aromatic rings. The van der Waals surface area contributed by atoms with Crippen LogP contribution in [0.25, 0.3) is 0 Å². The summed E-state index contributed by atoms with van der Waals surface area (Å²) < 4.78 is 34.6. The van der Waals surface area contributed by atoms with Crippen molar-refractivity contribution in [2.45, 2.75) is 32.8 Å². The Labute approximate surface area is 137 Å². The van der Waals surface area contributed by atoms with Gasteiger partial charge in [0.25, 0.3) is 5.91 Å². The summed E-state index contributed by atoms with van der Waals surface area (Å²) in [4.78, 5) is 11.5. The zero-order chi connectivity index (χ0) is 17.5. The maximum absolute atomic E-state index is 12.0. The number of nitrogens with two attached hydrogens (primary N) is 1. The van der Waals surface area contributed by atoms with Gasteiger partial charge < -0.3 is 15.2 Å². The number of amides is 1. The second-order valence-electron chi connectivity index (χ2n) is 5.81. The molecule has 130 valence electrons. The van der Waals surface area contributed by atoms with E-state index in [2.05, 4.69) is 0 Å². The summed E-state index contributed by atoms with van der Waals surface area (Å²) in [7, 11) is -1.70. The predicted molar refractivity (Wildman–Crippen MR) is 89.3 cm³/mol. The maximum atomic E-state index is 12.0. The molecule has 1 aromatic carbocycles. The quantitative estimate of drug-likeness (QED) is 0.698. The summed E-state index contributed by atoms with van der Waals surface area (Å²) in [6.07, 6.45) is -0.358. The summed E-state index contributed by atoms with van der Waals surface area (Å²) in [5, 5.41) is 0. The van der Waals surface area contributed by atoms with Crippen molar-refractivity contribution in [2.75, 3.05) is 18.6 Å². The first-order valence-corrected chi connectivity index (χ1v) is 9.36. The number of primary amides is 1. The third-order valence-corrected chi connectivity index (χ3v) is 5.05. The Bertz CT molecular complexity index is 613. The van der Waals surface area contributed by atoms with Crippen molar-refractivity contribution >= 4 is 15.7 Å². The number of rotatable bonds is 10. The SMILES string of the molecule is COc1cccc(OC(CCS(=O)(=O)CCC(C)C)C(N)=O)c1. The molecule has 1 unspecified atom stereocenters. The van der Waals surface area contributed by atoms with Gasteiger partial charge in [-0.05, 0) is 24.5 Å². The molecule has 0 saturated heterocycles. The highest BCUT2D eigenvalue weighted by Gasteiger charge is 2.22. The van der Waals surface area contributed by atoms with Crippen LogP contribution >= 0.6 is 0 Å². The first kappa shape index (κ1) is 19.3. The zero-order valence-electron chi connectivity index (χ0n) is 13.8. The highest BCUT2D eigenvalue weighted by Crippen LogP contribution is 2.21. The van der Waals surface area contributed by atoms with Crippen LogP contribution in [-0.2, 0) is 14.6 Å². The number of ether oxygens (including phenoxy) is 2. The Balaban J connectivity index is 2.67. The second-order valence-corrected chi connectivity index (χ2v) is 8.11. The lowest BCUT2D eigenvalue weighted by Crippen LogP contribution is -2.35. The molecule has 0 bridgehead atoms. The smallest absolute Gasteiger partial charge is 0.258 e. The van der Waals surface area contributed by atoms with E-state index in [1.54, 1.807) is 24.3 Å². The average Bonchev–Trinajstić information content (AvgIpc) is 2.49. The van der Waals surface area contributed by atoms with Crippen LogP contribution in [0.1, 0.15) is 26.7 Å². The van der Waals surface area contributed by atoms with E-state index in [9.17, 15) is 13.2 Å². The number of hydrogen-bond acceptors (Lipinski definition) is 5. The minimum absolute atomic E-state index is 0.0347. The molecule has 0 fully saturated rings. The summed E-state index contributed by atoms with van der Waals surface area (Å²) in [6.45, 7) is 3.93. The molecular formula is C16H25NO5S. The Morgan fingerprint density at radius 3 is 2.35 bits per heavy atom. The fraction of sp³-hybridized carbons (Fsp3) is 0.562. The molecule has 0 spiro atoms. The van der Waals surface area contributed by atoms with Crippen LogP contribution in [0.15, 0.2) is 24.3 Å². The molecule has 1 amide bonds. The summed E-state index contributed by atoms with van der Waals surface area (Å²) >= 11 is 0. The monoisotopic (exact) mass is 343 g/mol. The third-order valence-electron chi connectivity index (χ3n) is 3.33. The van der Waals surface area contributed by atoms with Gasteiger partial charge in [-0.3, -0.25) is 4.79 Å². The number of carbonyl (C=O) groups is 1. The zero-order valence-corrected chi connectivity index (χ0v) is 14.6. The molecule has 0 heterocycles. The van der Waals surface area contributed by atoms with E-state index in [1.165, 1.54) is 7.11 Å². The minimum atomic E-state index is -3.22. The van der Waals surface area contributed by atoms with Gasteiger partial charge in [0.15, 0.2) is 6.10 Å². The summed E-state index contributed by atoms with van der Waals surface area (Å²) in [5.41, 5.74) is 5.32. The average molecular weight is 343 g/mol. The van der Waals surface area contributed by atoms with Gasteiger partial charge in [0, 0.05) is 12.5 Å². The van der Waals surface area contributed by atoms with E-state index in [1.807, 2.05) is 13.8 Å². The molecule has 0 aliphatic heterocycles.